The smallest absolute Gasteiger partial charge is 0.379 e. The minimum Gasteiger partial charge on any atom is -0.379 e. The summed E-state index contributed by atoms with van der Waals surface area (Å²) < 4.78 is 46.0. The Kier molecular flexibility index (Phi) is 4.78. The third kappa shape index (κ3) is 3.59. The third-order valence-electron chi connectivity index (χ3n) is 5.00. The van der Waals surface area contributed by atoms with Gasteiger partial charge in [0.1, 0.15) is 5.52 Å². The number of hydrogen-bond acceptors (Lipinski definition) is 7. The average Bonchev–Trinajstić information content (AvgIpc) is 3.46. The quantitative estimate of drug-likeness (QED) is 0.475. The fourth-order valence-corrected chi connectivity index (χ4v) is 4.24. The van der Waals surface area contributed by atoms with Crippen LogP contribution >= 0.6 is 11.3 Å². The van der Waals surface area contributed by atoms with Gasteiger partial charge in [0.05, 0.1) is 40.6 Å². The predicted molar refractivity (Wildman–Crippen MR) is 108 cm³/mol. The highest BCUT2D eigenvalue weighted by Gasteiger charge is 2.35. The number of alkyl halides is 3. The minimum atomic E-state index is -4.55. The van der Waals surface area contributed by atoms with Crippen molar-refractivity contribution in [2.45, 2.75) is 18.6 Å². The zero-order valence-electron chi connectivity index (χ0n) is 15.8. The van der Waals surface area contributed by atoms with Gasteiger partial charge in [0, 0.05) is 30.8 Å². The van der Waals surface area contributed by atoms with Crippen molar-refractivity contribution in [2.24, 2.45) is 0 Å². The molecule has 0 aromatic carbocycles. The van der Waals surface area contributed by atoms with E-state index in [0.29, 0.717) is 47.7 Å². The van der Waals surface area contributed by atoms with E-state index in [4.69, 9.17) is 4.74 Å². The topological polar surface area (TPSA) is 82.8 Å². The van der Waals surface area contributed by atoms with Crippen molar-refractivity contribution in [1.29, 1.82) is 0 Å². The molecule has 1 saturated heterocycles. The molecule has 0 unspecified atom stereocenters. The van der Waals surface area contributed by atoms with Crippen LogP contribution in [-0.2, 0) is 10.9 Å². The van der Waals surface area contributed by atoms with E-state index >= 15 is 0 Å². The van der Waals surface area contributed by atoms with Gasteiger partial charge in [-0.2, -0.15) is 13.2 Å². The normalized spacial score (nSPS) is 16.8. The molecule has 1 atom stereocenters. The summed E-state index contributed by atoms with van der Waals surface area (Å²) in [6.45, 7) is 0.961. The molecule has 11 heteroatoms. The lowest BCUT2D eigenvalue weighted by Crippen LogP contribution is -2.25. The molecular weight excluding hydrogens is 431 g/mol. The van der Waals surface area contributed by atoms with Gasteiger partial charge >= 0.3 is 6.18 Å². The highest BCUT2D eigenvalue weighted by molar-refractivity contribution is 7.15. The maximum absolute atomic E-state index is 13.3. The highest BCUT2D eigenvalue weighted by Crippen LogP contribution is 2.37. The standard InChI is InChI=1S/C20H14F3N5O2S/c21-20(22,23)19-25-8-15(31-19)14-6-13-17(16(27-14)11-2-1-4-24-7-11)26-10-28(18(13)29)12-3-5-30-9-12/h1-2,4,6-8,10,12H,3,5,9H2/t12-/m0/s1. The lowest BCUT2D eigenvalue weighted by Gasteiger charge is -2.14. The number of halogens is 3. The van der Waals surface area contributed by atoms with E-state index in [2.05, 4.69) is 19.9 Å². The van der Waals surface area contributed by atoms with Gasteiger partial charge in [-0.1, -0.05) is 0 Å². The summed E-state index contributed by atoms with van der Waals surface area (Å²) in [4.78, 5) is 30.0. The van der Waals surface area contributed by atoms with Crippen LogP contribution in [0.15, 0.2) is 47.9 Å². The van der Waals surface area contributed by atoms with Crippen LogP contribution in [-0.4, -0.2) is 37.7 Å². The first-order valence-corrected chi connectivity index (χ1v) is 10.2. The summed E-state index contributed by atoms with van der Waals surface area (Å²) >= 11 is 0.477. The van der Waals surface area contributed by atoms with Gasteiger partial charge in [-0.25, -0.2) is 15.0 Å². The first-order valence-electron chi connectivity index (χ1n) is 9.35. The fraction of sp³-hybridized carbons (Fsp3) is 0.250. The van der Waals surface area contributed by atoms with Crippen LogP contribution < -0.4 is 5.56 Å². The van der Waals surface area contributed by atoms with E-state index in [1.54, 1.807) is 24.5 Å². The maximum atomic E-state index is 13.3. The molecule has 31 heavy (non-hydrogen) atoms. The van der Waals surface area contributed by atoms with Crippen molar-refractivity contribution in [1.82, 2.24) is 24.5 Å². The molecule has 158 valence electrons. The maximum Gasteiger partial charge on any atom is 0.443 e. The number of aromatic nitrogens is 5. The predicted octanol–water partition coefficient (Wildman–Crippen LogP) is 3.96. The average molecular weight is 445 g/mol. The molecule has 4 aromatic heterocycles. The van der Waals surface area contributed by atoms with Crippen molar-refractivity contribution in [2.75, 3.05) is 13.2 Å². The number of rotatable bonds is 3. The SMILES string of the molecule is O=c1c2cc(-c3cnc(C(F)(F)F)s3)nc(-c3cccnc3)c2ncn1[C@H]1CCOC1. The summed E-state index contributed by atoms with van der Waals surface area (Å²) in [5.74, 6) is 0. The number of fused-ring (bicyclic) bond motifs is 1. The molecule has 5 rings (SSSR count). The molecule has 4 aromatic rings. The molecule has 0 saturated carbocycles. The van der Waals surface area contributed by atoms with Gasteiger partial charge in [-0.15, -0.1) is 11.3 Å². The van der Waals surface area contributed by atoms with Crippen LogP contribution in [0.5, 0.6) is 0 Å². The first kappa shape index (κ1) is 19.8. The van der Waals surface area contributed by atoms with Crippen LogP contribution in [0.4, 0.5) is 13.2 Å². The Balaban J connectivity index is 1.75. The van der Waals surface area contributed by atoms with Crippen molar-refractivity contribution < 1.29 is 17.9 Å². The second kappa shape index (κ2) is 7.50. The number of thiazole rings is 1. The monoisotopic (exact) mass is 445 g/mol. The lowest BCUT2D eigenvalue weighted by molar-refractivity contribution is -0.137. The number of ether oxygens (including phenoxy) is 1. The van der Waals surface area contributed by atoms with Crippen LogP contribution in [0.25, 0.3) is 32.7 Å². The molecule has 0 aliphatic carbocycles. The zero-order chi connectivity index (χ0) is 21.6. The van der Waals surface area contributed by atoms with Crippen LogP contribution in [0.3, 0.4) is 0 Å². The lowest BCUT2D eigenvalue weighted by atomic mass is 10.1. The molecule has 1 aliphatic rings. The molecule has 0 spiro atoms. The second-order valence-electron chi connectivity index (χ2n) is 7.00. The molecule has 0 radical (unpaired) electrons. The van der Waals surface area contributed by atoms with Gasteiger partial charge in [0.25, 0.3) is 5.56 Å². The summed E-state index contributed by atoms with van der Waals surface area (Å²) in [6, 6.07) is 4.80. The van der Waals surface area contributed by atoms with Crippen LogP contribution in [0, 0.1) is 0 Å². The Morgan fingerprint density at radius 2 is 2.10 bits per heavy atom. The van der Waals surface area contributed by atoms with Crippen molar-refractivity contribution in [3.63, 3.8) is 0 Å². The Bertz CT molecular complexity index is 1310. The Labute approximate surface area is 177 Å². The van der Waals surface area contributed by atoms with E-state index in [9.17, 15) is 18.0 Å². The van der Waals surface area contributed by atoms with Crippen molar-refractivity contribution in [3.8, 4) is 21.8 Å². The molecule has 0 amide bonds. The first-order chi connectivity index (χ1) is 14.9. The Morgan fingerprint density at radius 3 is 2.77 bits per heavy atom. The Morgan fingerprint density at radius 1 is 1.23 bits per heavy atom. The largest absolute Gasteiger partial charge is 0.443 e. The van der Waals surface area contributed by atoms with Gasteiger partial charge in [-0.05, 0) is 24.6 Å². The van der Waals surface area contributed by atoms with Crippen LogP contribution in [0.2, 0.25) is 0 Å². The third-order valence-corrected chi connectivity index (χ3v) is 6.07. The van der Waals surface area contributed by atoms with E-state index in [1.807, 2.05) is 0 Å². The molecule has 7 nitrogen and oxygen atoms in total. The number of nitrogens with zero attached hydrogens (tertiary/aromatic N) is 5. The molecule has 1 aliphatic heterocycles. The van der Waals surface area contributed by atoms with Crippen LogP contribution in [0.1, 0.15) is 17.5 Å². The van der Waals surface area contributed by atoms with Crippen molar-refractivity contribution >= 4 is 22.2 Å². The number of pyridine rings is 2. The number of hydrogen-bond donors (Lipinski definition) is 0. The molecular formula is C20H14F3N5O2S. The summed E-state index contributed by atoms with van der Waals surface area (Å²) in [5, 5.41) is -0.709. The zero-order valence-corrected chi connectivity index (χ0v) is 16.7. The second-order valence-corrected chi connectivity index (χ2v) is 8.03. The minimum absolute atomic E-state index is 0.136. The molecule has 0 N–H and O–H groups in total. The molecule has 5 heterocycles. The Hall–Kier alpha value is -3.18. The summed E-state index contributed by atoms with van der Waals surface area (Å²) in [5.41, 5.74) is 1.25. The molecule has 1 fully saturated rings. The van der Waals surface area contributed by atoms with E-state index in [0.717, 1.165) is 6.20 Å². The van der Waals surface area contributed by atoms with Gasteiger partial charge < -0.3 is 4.74 Å². The van der Waals surface area contributed by atoms with Crippen molar-refractivity contribution in [3.05, 3.63) is 58.5 Å². The highest BCUT2D eigenvalue weighted by atomic mass is 32.1. The van der Waals surface area contributed by atoms with E-state index in [1.165, 1.54) is 17.0 Å². The molecule has 0 bridgehead atoms. The van der Waals surface area contributed by atoms with Gasteiger partial charge in [0.15, 0.2) is 5.01 Å². The van der Waals surface area contributed by atoms with Gasteiger partial charge in [-0.3, -0.25) is 14.3 Å². The van der Waals surface area contributed by atoms with E-state index < -0.39 is 11.2 Å². The summed E-state index contributed by atoms with van der Waals surface area (Å²) in [7, 11) is 0. The fourth-order valence-electron chi connectivity index (χ4n) is 3.50. The summed E-state index contributed by atoms with van der Waals surface area (Å²) in [6.07, 6.45) is 1.88. The van der Waals surface area contributed by atoms with E-state index in [-0.39, 0.29) is 27.6 Å². The van der Waals surface area contributed by atoms with Gasteiger partial charge in [0.2, 0.25) is 0 Å².